The Morgan fingerprint density at radius 3 is 2.47 bits per heavy atom. The van der Waals surface area contributed by atoms with Gasteiger partial charge in [0.25, 0.3) is 0 Å². The molecule has 1 unspecified atom stereocenters. The Morgan fingerprint density at radius 2 is 1.80 bits per heavy atom. The summed E-state index contributed by atoms with van der Waals surface area (Å²) in [5, 5.41) is 0. The van der Waals surface area contributed by atoms with E-state index in [1.54, 1.807) is 5.56 Å². The van der Waals surface area contributed by atoms with Crippen molar-refractivity contribution in [2.24, 2.45) is 0 Å². The Bertz CT molecular complexity index is 342. The summed E-state index contributed by atoms with van der Waals surface area (Å²) in [7, 11) is -0.568. The fourth-order valence-electron chi connectivity index (χ4n) is 2.48. The van der Waals surface area contributed by atoms with Crippen molar-refractivity contribution >= 4 is 44.4 Å². The van der Waals surface area contributed by atoms with Gasteiger partial charge in [-0.05, 0) is 16.7 Å². The molecule has 1 aromatic carbocycles. The SMILES string of the molecule is CC[SiH](CC)C1C=Cc2ccccc21.[Na]. The normalized spacial score (nSPS) is 17.7. The van der Waals surface area contributed by atoms with Crippen LogP contribution in [-0.2, 0) is 0 Å². The van der Waals surface area contributed by atoms with E-state index in [1.807, 2.05) is 0 Å². The second-order valence-electron chi connectivity index (χ2n) is 4.09. The van der Waals surface area contributed by atoms with Gasteiger partial charge in [-0.15, -0.1) is 0 Å². The van der Waals surface area contributed by atoms with E-state index in [4.69, 9.17) is 0 Å². The van der Waals surface area contributed by atoms with Crippen molar-refractivity contribution < 1.29 is 0 Å². The molecule has 0 aliphatic heterocycles. The van der Waals surface area contributed by atoms with E-state index in [2.05, 4.69) is 50.3 Å². The van der Waals surface area contributed by atoms with Crippen LogP contribution in [0.4, 0.5) is 0 Å². The fourth-order valence-corrected chi connectivity index (χ4v) is 5.31. The van der Waals surface area contributed by atoms with Gasteiger partial charge in [0.1, 0.15) is 0 Å². The third-order valence-electron chi connectivity index (χ3n) is 3.39. The minimum Gasteiger partial charge on any atom is -0.0794 e. The third kappa shape index (κ3) is 2.65. The summed E-state index contributed by atoms with van der Waals surface area (Å²) in [6.45, 7) is 4.71. The van der Waals surface area contributed by atoms with Crippen molar-refractivity contribution in [3.05, 3.63) is 41.5 Å². The van der Waals surface area contributed by atoms with Crippen molar-refractivity contribution in [3.8, 4) is 0 Å². The van der Waals surface area contributed by atoms with E-state index in [9.17, 15) is 0 Å². The third-order valence-corrected chi connectivity index (χ3v) is 7.09. The van der Waals surface area contributed by atoms with Crippen LogP contribution in [0.1, 0.15) is 30.5 Å². The van der Waals surface area contributed by atoms with Crippen molar-refractivity contribution in [3.63, 3.8) is 0 Å². The van der Waals surface area contributed by atoms with Crippen molar-refractivity contribution in [1.29, 1.82) is 0 Å². The molecular weight excluding hydrogens is 207 g/mol. The molecule has 2 rings (SSSR count). The summed E-state index contributed by atoms with van der Waals surface area (Å²) < 4.78 is 0. The molecule has 0 aromatic heterocycles. The van der Waals surface area contributed by atoms with Gasteiger partial charge < -0.3 is 0 Å². The van der Waals surface area contributed by atoms with E-state index in [0.29, 0.717) is 0 Å². The first-order valence-electron chi connectivity index (χ1n) is 5.64. The zero-order valence-corrected chi connectivity index (χ0v) is 13.2. The van der Waals surface area contributed by atoms with Crippen LogP contribution < -0.4 is 0 Å². The molecule has 1 aliphatic rings. The van der Waals surface area contributed by atoms with E-state index < -0.39 is 8.80 Å². The number of allylic oxidation sites excluding steroid dienone is 1. The zero-order valence-electron chi connectivity index (χ0n) is 10.0. The van der Waals surface area contributed by atoms with E-state index >= 15 is 0 Å². The van der Waals surface area contributed by atoms with Crippen LogP contribution in [-0.4, -0.2) is 38.4 Å². The number of fused-ring (bicyclic) bond motifs is 1. The van der Waals surface area contributed by atoms with Gasteiger partial charge in [0.2, 0.25) is 0 Å². The molecule has 2 heteroatoms. The summed E-state index contributed by atoms with van der Waals surface area (Å²) >= 11 is 0. The number of rotatable bonds is 3. The minimum atomic E-state index is -0.568. The molecule has 75 valence electrons. The smallest absolute Gasteiger partial charge is 0.0491 e. The number of benzene rings is 1. The van der Waals surface area contributed by atoms with Crippen LogP contribution in [0.25, 0.3) is 6.08 Å². The molecule has 0 saturated carbocycles. The molecule has 0 heterocycles. The van der Waals surface area contributed by atoms with Gasteiger partial charge in [0.05, 0.1) is 0 Å². The Hall–Kier alpha value is 0.177. The van der Waals surface area contributed by atoms with Crippen LogP contribution >= 0.6 is 0 Å². The second-order valence-corrected chi connectivity index (χ2v) is 7.96. The summed E-state index contributed by atoms with van der Waals surface area (Å²) in [5.41, 5.74) is 3.85. The largest absolute Gasteiger partial charge is 0.0794 e. The summed E-state index contributed by atoms with van der Waals surface area (Å²) in [5.74, 6) is 0. The molecule has 0 nitrogen and oxygen atoms in total. The predicted octanol–water partition coefficient (Wildman–Crippen LogP) is 3.22. The van der Waals surface area contributed by atoms with Crippen molar-refractivity contribution in [2.75, 3.05) is 0 Å². The quantitative estimate of drug-likeness (QED) is 0.693. The van der Waals surface area contributed by atoms with Gasteiger partial charge in [0, 0.05) is 38.4 Å². The average Bonchev–Trinajstić information content (AvgIpc) is 2.65. The molecule has 0 bridgehead atoms. The van der Waals surface area contributed by atoms with Crippen LogP contribution in [0.2, 0.25) is 12.1 Å². The first kappa shape index (κ1) is 13.2. The maximum atomic E-state index is 2.44. The molecule has 1 atom stereocenters. The molecule has 0 amide bonds. The minimum absolute atomic E-state index is 0. The first-order chi connectivity index (χ1) is 6.86. The molecular formula is C13H18NaSi. The van der Waals surface area contributed by atoms with Crippen LogP contribution in [0.3, 0.4) is 0 Å². The van der Waals surface area contributed by atoms with Gasteiger partial charge in [-0.1, -0.05) is 62.4 Å². The van der Waals surface area contributed by atoms with Gasteiger partial charge in [-0.2, -0.15) is 0 Å². The molecule has 0 saturated heterocycles. The van der Waals surface area contributed by atoms with Crippen LogP contribution in [0.5, 0.6) is 0 Å². The number of hydrogen-bond acceptors (Lipinski definition) is 0. The van der Waals surface area contributed by atoms with Crippen molar-refractivity contribution in [1.82, 2.24) is 0 Å². The fraction of sp³-hybridized carbons (Fsp3) is 0.385. The second kappa shape index (κ2) is 6.05. The summed E-state index contributed by atoms with van der Waals surface area (Å²) in [4.78, 5) is 0. The van der Waals surface area contributed by atoms with Gasteiger partial charge in [0.15, 0.2) is 0 Å². The first-order valence-corrected chi connectivity index (χ1v) is 7.94. The topological polar surface area (TPSA) is 0 Å². The Labute approximate surface area is 117 Å². The monoisotopic (exact) mass is 225 g/mol. The van der Waals surface area contributed by atoms with Crippen LogP contribution in [0, 0.1) is 0 Å². The standard InChI is InChI=1S/C13H18Si.Na/c1-3-14(4-2)13-10-9-11-7-5-6-8-12(11)13;/h5-10,13-14H,3-4H2,1-2H3;. The molecule has 0 spiro atoms. The Morgan fingerprint density at radius 1 is 1.13 bits per heavy atom. The van der Waals surface area contributed by atoms with E-state index in [1.165, 1.54) is 17.7 Å². The molecule has 0 N–H and O–H groups in total. The average molecular weight is 225 g/mol. The molecule has 1 aliphatic carbocycles. The maximum Gasteiger partial charge on any atom is 0.0491 e. The van der Waals surface area contributed by atoms with Gasteiger partial charge >= 0.3 is 0 Å². The van der Waals surface area contributed by atoms with Gasteiger partial charge in [-0.3, -0.25) is 0 Å². The Balaban J connectivity index is 0.00000112. The summed E-state index contributed by atoms with van der Waals surface area (Å²) in [6.07, 6.45) is 4.75. The number of hydrogen-bond donors (Lipinski definition) is 0. The van der Waals surface area contributed by atoms with E-state index in [0.717, 1.165) is 5.54 Å². The molecule has 15 heavy (non-hydrogen) atoms. The maximum absolute atomic E-state index is 2.44. The zero-order chi connectivity index (χ0) is 9.97. The molecule has 1 aromatic rings. The van der Waals surface area contributed by atoms with Crippen LogP contribution in [0.15, 0.2) is 30.3 Å². The molecule has 0 fully saturated rings. The van der Waals surface area contributed by atoms with E-state index in [-0.39, 0.29) is 29.6 Å². The predicted molar refractivity (Wildman–Crippen MR) is 72.1 cm³/mol. The summed E-state index contributed by atoms with van der Waals surface area (Å²) in [6, 6.07) is 11.7. The van der Waals surface area contributed by atoms with Gasteiger partial charge in [-0.25, -0.2) is 0 Å². The van der Waals surface area contributed by atoms with Crippen molar-refractivity contribution in [2.45, 2.75) is 31.5 Å². The Kier molecular flexibility index (Phi) is 5.34. The molecule has 1 radical (unpaired) electrons.